The van der Waals surface area contributed by atoms with Gasteiger partial charge in [-0.25, -0.2) is 0 Å². The number of carbonyl (C=O) groups is 1. The first-order chi connectivity index (χ1) is 12.6. The van der Waals surface area contributed by atoms with Crippen molar-refractivity contribution in [1.29, 1.82) is 0 Å². The molecule has 0 saturated heterocycles. The van der Waals surface area contributed by atoms with Crippen LogP contribution in [-0.4, -0.2) is 26.9 Å². The zero-order valence-electron chi connectivity index (χ0n) is 14.9. The zero-order chi connectivity index (χ0) is 18.4. The van der Waals surface area contributed by atoms with Crippen molar-refractivity contribution < 1.29 is 9.53 Å². The third-order valence-electron chi connectivity index (χ3n) is 4.04. The Bertz CT molecular complexity index is 815. The third kappa shape index (κ3) is 4.69. The van der Waals surface area contributed by atoms with Crippen LogP contribution >= 0.6 is 0 Å². The molecule has 1 unspecified atom stereocenters. The van der Waals surface area contributed by atoms with E-state index >= 15 is 0 Å². The maximum absolute atomic E-state index is 12.6. The molecule has 3 aromatic rings. The average Bonchev–Trinajstić information content (AvgIpc) is 3.15. The molecule has 6 heteroatoms. The third-order valence-corrected chi connectivity index (χ3v) is 4.04. The lowest BCUT2D eigenvalue weighted by Gasteiger charge is -2.22. The van der Waals surface area contributed by atoms with Gasteiger partial charge in [-0.15, -0.1) is 0 Å². The van der Waals surface area contributed by atoms with Gasteiger partial charge in [-0.1, -0.05) is 32.0 Å². The molecule has 0 bridgehead atoms. The van der Waals surface area contributed by atoms with Crippen LogP contribution in [0.5, 0.6) is 11.5 Å². The number of ether oxygens (including phenoxy) is 1. The smallest absolute Gasteiger partial charge is 0.251 e. The van der Waals surface area contributed by atoms with E-state index in [0.29, 0.717) is 17.9 Å². The number of benzene rings is 2. The Labute approximate surface area is 152 Å². The number of amides is 1. The van der Waals surface area contributed by atoms with Crippen LogP contribution in [0.3, 0.4) is 0 Å². The maximum atomic E-state index is 12.6. The molecule has 1 amide bonds. The highest BCUT2D eigenvalue weighted by Crippen LogP contribution is 2.21. The van der Waals surface area contributed by atoms with E-state index in [1.165, 1.54) is 0 Å². The number of nitrogens with zero attached hydrogens (tertiary/aromatic N) is 3. The van der Waals surface area contributed by atoms with Gasteiger partial charge in [0.1, 0.15) is 11.5 Å². The first-order valence-electron chi connectivity index (χ1n) is 8.60. The molecule has 1 atom stereocenters. The van der Waals surface area contributed by atoms with Gasteiger partial charge >= 0.3 is 0 Å². The molecule has 0 aliphatic rings. The molecule has 0 radical (unpaired) electrons. The van der Waals surface area contributed by atoms with Crippen molar-refractivity contribution in [3.05, 3.63) is 72.6 Å². The van der Waals surface area contributed by atoms with E-state index < -0.39 is 0 Å². The maximum Gasteiger partial charge on any atom is 0.251 e. The lowest BCUT2D eigenvalue weighted by Crippen LogP contribution is -2.42. The van der Waals surface area contributed by atoms with Gasteiger partial charge in [0, 0.05) is 5.56 Å². The van der Waals surface area contributed by atoms with Crippen molar-refractivity contribution in [2.75, 3.05) is 0 Å². The van der Waals surface area contributed by atoms with Crippen molar-refractivity contribution in [3.63, 3.8) is 0 Å². The summed E-state index contributed by atoms with van der Waals surface area (Å²) in [5.41, 5.74) is 0.587. The molecule has 26 heavy (non-hydrogen) atoms. The highest BCUT2D eigenvalue weighted by molar-refractivity contribution is 5.94. The predicted octanol–water partition coefficient (Wildman–Crippen LogP) is 3.53. The van der Waals surface area contributed by atoms with Crippen LogP contribution in [0.4, 0.5) is 0 Å². The highest BCUT2D eigenvalue weighted by Gasteiger charge is 2.18. The van der Waals surface area contributed by atoms with Gasteiger partial charge in [0.05, 0.1) is 25.0 Å². The highest BCUT2D eigenvalue weighted by atomic mass is 16.5. The van der Waals surface area contributed by atoms with Gasteiger partial charge in [0.25, 0.3) is 5.91 Å². The molecule has 0 fully saturated rings. The molecule has 1 heterocycles. The molecule has 3 rings (SSSR count). The Morgan fingerprint density at radius 2 is 1.62 bits per heavy atom. The molecule has 0 saturated carbocycles. The van der Waals surface area contributed by atoms with Crippen LogP contribution in [0.15, 0.2) is 67.0 Å². The number of hydrogen-bond acceptors (Lipinski definition) is 4. The molecule has 6 nitrogen and oxygen atoms in total. The number of nitrogens with one attached hydrogen (secondary N) is 1. The SMILES string of the molecule is CC(C)C(Cn1nccn1)NC(=O)c1ccc(Oc2ccccc2)cc1. The van der Waals surface area contributed by atoms with E-state index in [4.69, 9.17) is 4.74 Å². The molecule has 1 N–H and O–H groups in total. The summed E-state index contributed by atoms with van der Waals surface area (Å²) in [6.07, 6.45) is 3.26. The molecule has 2 aromatic carbocycles. The van der Waals surface area contributed by atoms with E-state index in [0.717, 1.165) is 5.75 Å². The molecular formula is C20H22N4O2. The quantitative estimate of drug-likeness (QED) is 0.708. The van der Waals surface area contributed by atoms with E-state index in [1.54, 1.807) is 41.5 Å². The fourth-order valence-electron chi connectivity index (χ4n) is 2.49. The summed E-state index contributed by atoms with van der Waals surface area (Å²) in [4.78, 5) is 14.1. The summed E-state index contributed by atoms with van der Waals surface area (Å²) in [5.74, 6) is 1.58. The largest absolute Gasteiger partial charge is 0.457 e. The minimum Gasteiger partial charge on any atom is -0.457 e. The van der Waals surface area contributed by atoms with Crippen LogP contribution in [0, 0.1) is 5.92 Å². The molecule has 0 aliphatic heterocycles. The number of para-hydroxylation sites is 1. The summed E-state index contributed by atoms with van der Waals surface area (Å²) in [5, 5.41) is 11.3. The van der Waals surface area contributed by atoms with Crippen LogP contribution in [0.2, 0.25) is 0 Å². The average molecular weight is 350 g/mol. The van der Waals surface area contributed by atoms with Crippen LogP contribution in [0.25, 0.3) is 0 Å². The van der Waals surface area contributed by atoms with Gasteiger partial charge in [-0.3, -0.25) is 4.79 Å². The fraction of sp³-hybridized carbons (Fsp3) is 0.250. The summed E-state index contributed by atoms with van der Waals surface area (Å²) in [6, 6.07) is 16.6. The van der Waals surface area contributed by atoms with Gasteiger partial charge in [-0.05, 0) is 42.3 Å². The molecule has 0 spiro atoms. The number of hydrogen-bond donors (Lipinski definition) is 1. The standard InChI is InChI=1S/C20H22N4O2/c1-15(2)19(14-24-21-12-13-22-24)23-20(25)16-8-10-18(11-9-16)26-17-6-4-3-5-7-17/h3-13,15,19H,14H2,1-2H3,(H,23,25). The van der Waals surface area contributed by atoms with Crippen molar-refractivity contribution in [2.24, 2.45) is 5.92 Å². The van der Waals surface area contributed by atoms with Crippen LogP contribution < -0.4 is 10.1 Å². The minimum atomic E-state index is -0.123. The first-order valence-corrected chi connectivity index (χ1v) is 8.60. The van der Waals surface area contributed by atoms with Gasteiger partial charge < -0.3 is 10.1 Å². The van der Waals surface area contributed by atoms with Crippen LogP contribution in [0.1, 0.15) is 24.2 Å². The topological polar surface area (TPSA) is 69.0 Å². The van der Waals surface area contributed by atoms with Crippen molar-refractivity contribution in [1.82, 2.24) is 20.3 Å². The second-order valence-electron chi connectivity index (χ2n) is 6.35. The van der Waals surface area contributed by atoms with E-state index in [9.17, 15) is 4.79 Å². The fourth-order valence-corrected chi connectivity index (χ4v) is 2.49. The summed E-state index contributed by atoms with van der Waals surface area (Å²) in [6.45, 7) is 4.65. The Hall–Kier alpha value is -3.15. The van der Waals surface area contributed by atoms with Gasteiger partial charge in [0.2, 0.25) is 0 Å². The lowest BCUT2D eigenvalue weighted by atomic mass is 10.0. The molecule has 1 aromatic heterocycles. The number of aromatic nitrogens is 3. The van der Waals surface area contributed by atoms with E-state index in [-0.39, 0.29) is 17.9 Å². The Balaban J connectivity index is 1.63. The van der Waals surface area contributed by atoms with Gasteiger partial charge in [0.15, 0.2) is 0 Å². The number of rotatable bonds is 7. The number of carbonyl (C=O) groups excluding carboxylic acids is 1. The Kier molecular flexibility index (Phi) is 5.63. The van der Waals surface area contributed by atoms with Crippen molar-refractivity contribution in [3.8, 4) is 11.5 Å². The molecule has 0 aliphatic carbocycles. The van der Waals surface area contributed by atoms with Crippen molar-refractivity contribution >= 4 is 5.91 Å². The summed E-state index contributed by atoms with van der Waals surface area (Å²) >= 11 is 0. The minimum absolute atomic E-state index is 0.0601. The zero-order valence-corrected chi connectivity index (χ0v) is 14.9. The van der Waals surface area contributed by atoms with Gasteiger partial charge in [-0.2, -0.15) is 15.0 Å². The Morgan fingerprint density at radius 3 is 2.23 bits per heavy atom. The van der Waals surface area contributed by atoms with Crippen LogP contribution in [-0.2, 0) is 6.54 Å². The normalized spacial score (nSPS) is 12.0. The van der Waals surface area contributed by atoms with Crippen molar-refractivity contribution in [2.45, 2.75) is 26.4 Å². The summed E-state index contributed by atoms with van der Waals surface area (Å²) < 4.78 is 5.75. The summed E-state index contributed by atoms with van der Waals surface area (Å²) in [7, 11) is 0. The second kappa shape index (κ2) is 8.29. The monoisotopic (exact) mass is 350 g/mol. The predicted molar refractivity (Wildman–Crippen MR) is 99.1 cm³/mol. The molecule has 134 valence electrons. The molecular weight excluding hydrogens is 328 g/mol. The van der Waals surface area contributed by atoms with E-state index in [1.807, 2.05) is 30.3 Å². The Morgan fingerprint density at radius 1 is 1.00 bits per heavy atom. The van der Waals surface area contributed by atoms with E-state index in [2.05, 4.69) is 29.4 Å². The lowest BCUT2D eigenvalue weighted by molar-refractivity contribution is 0.0918. The second-order valence-corrected chi connectivity index (χ2v) is 6.35. The first kappa shape index (κ1) is 17.7.